The van der Waals surface area contributed by atoms with Crippen molar-refractivity contribution in [3.63, 3.8) is 0 Å². The molecule has 1 aliphatic heterocycles. The van der Waals surface area contributed by atoms with Crippen LogP contribution in [0.5, 0.6) is 0 Å². The predicted octanol–water partition coefficient (Wildman–Crippen LogP) is 0.527. The zero-order chi connectivity index (χ0) is 7.68. The van der Waals surface area contributed by atoms with E-state index >= 15 is 0 Å². The van der Waals surface area contributed by atoms with Gasteiger partial charge in [-0.1, -0.05) is 0 Å². The molecule has 3 heteroatoms. The maximum absolute atomic E-state index is 4.40. The fourth-order valence-electron chi connectivity index (χ4n) is 1.56. The standard InChI is InChI=1S/C8H14N3/c1-2-10-7-8-5-3-4-6-11(8)9-10/h7H,2-6H2,1H3/q+1. The van der Waals surface area contributed by atoms with Crippen molar-refractivity contribution in [2.24, 2.45) is 0 Å². The first kappa shape index (κ1) is 6.83. The van der Waals surface area contributed by atoms with Crippen molar-refractivity contribution < 1.29 is 4.68 Å². The monoisotopic (exact) mass is 152 g/mol. The predicted molar refractivity (Wildman–Crippen MR) is 41.0 cm³/mol. The van der Waals surface area contributed by atoms with Crippen molar-refractivity contribution in [1.29, 1.82) is 0 Å². The molecule has 0 radical (unpaired) electrons. The van der Waals surface area contributed by atoms with E-state index in [1.165, 1.54) is 25.0 Å². The number of hydrogen-bond donors (Lipinski definition) is 0. The molecule has 2 heterocycles. The zero-order valence-electron chi connectivity index (χ0n) is 6.95. The number of hydrogen-bond acceptors (Lipinski definition) is 1. The summed E-state index contributed by atoms with van der Waals surface area (Å²) in [6, 6.07) is 0. The van der Waals surface area contributed by atoms with Crippen LogP contribution in [0.15, 0.2) is 6.20 Å². The fraction of sp³-hybridized carbons (Fsp3) is 0.750. The van der Waals surface area contributed by atoms with Crippen molar-refractivity contribution >= 4 is 0 Å². The normalized spacial score (nSPS) is 16.5. The molecular formula is C8H14N3+. The summed E-state index contributed by atoms with van der Waals surface area (Å²) in [5.74, 6) is 0. The lowest BCUT2D eigenvalue weighted by Crippen LogP contribution is -2.34. The Kier molecular flexibility index (Phi) is 1.64. The molecular weight excluding hydrogens is 138 g/mol. The molecule has 11 heavy (non-hydrogen) atoms. The Labute approximate surface area is 66.6 Å². The Morgan fingerprint density at radius 2 is 2.55 bits per heavy atom. The zero-order valence-corrected chi connectivity index (χ0v) is 6.95. The number of fused-ring (bicyclic) bond motifs is 1. The molecule has 0 aromatic carbocycles. The van der Waals surface area contributed by atoms with Crippen LogP contribution in [0.3, 0.4) is 0 Å². The topological polar surface area (TPSA) is 21.7 Å². The van der Waals surface area contributed by atoms with Crippen molar-refractivity contribution in [3.05, 3.63) is 11.9 Å². The quantitative estimate of drug-likeness (QED) is 0.538. The van der Waals surface area contributed by atoms with E-state index in [1.54, 1.807) is 0 Å². The van der Waals surface area contributed by atoms with Crippen LogP contribution in [0, 0.1) is 0 Å². The van der Waals surface area contributed by atoms with Gasteiger partial charge in [-0.15, -0.1) is 9.36 Å². The smallest absolute Gasteiger partial charge is 0.138 e. The van der Waals surface area contributed by atoms with Crippen molar-refractivity contribution in [2.75, 3.05) is 0 Å². The van der Waals surface area contributed by atoms with Gasteiger partial charge < -0.3 is 0 Å². The Bertz CT molecular complexity index is 228. The first-order chi connectivity index (χ1) is 5.40. The largest absolute Gasteiger partial charge is 0.167 e. The van der Waals surface area contributed by atoms with Gasteiger partial charge in [0.25, 0.3) is 0 Å². The van der Waals surface area contributed by atoms with Gasteiger partial charge in [-0.25, -0.2) is 0 Å². The first-order valence-corrected chi connectivity index (χ1v) is 4.36. The molecule has 1 aromatic rings. The molecule has 2 rings (SSSR count). The van der Waals surface area contributed by atoms with E-state index in [4.69, 9.17) is 0 Å². The van der Waals surface area contributed by atoms with E-state index in [1.807, 2.05) is 4.68 Å². The highest BCUT2D eigenvalue weighted by molar-refractivity contribution is 4.93. The highest BCUT2D eigenvalue weighted by Gasteiger charge is 2.17. The molecule has 0 spiro atoms. The van der Waals surface area contributed by atoms with E-state index in [0.717, 1.165) is 13.1 Å². The number of rotatable bonds is 1. The van der Waals surface area contributed by atoms with Crippen LogP contribution in [0.2, 0.25) is 0 Å². The summed E-state index contributed by atoms with van der Waals surface area (Å²) >= 11 is 0. The lowest BCUT2D eigenvalue weighted by molar-refractivity contribution is -0.752. The number of nitrogens with zero attached hydrogens (tertiary/aromatic N) is 3. The Balaban J connectivity index is 2.32. The molecule has 0 amide bonds. The summed E-state index contributed by atoms with van der Waals surface area (Å²) in [4.78, 5) is 0. The average Bonchev–Trinajstić information content (AvgIpc) is 2.46. The van der Waals surface area contributed by atoms with Crippen LogP contribution in [-0.2, 0) is 19.5 Å². The van der Waals surface area contributed by atoms with E-state index in [-0.39, 0.29) is 0 Å². The van der Waals surface area contributed by atoms with Crippen LogP contribution in [-0.4, -0.2) is 9.90 Å². The maximum Gasteiger partial charge on any atom is 0.167 e. The van der Waals surface area contributed by atoms with Crippen LogP contribution in [0.1, 0.15) is 25.5 Å². The molecule has 1 aliphatic rings. The first-order valence-electron chi connectivity index (χ1n) is 4.36. The van der Waals surface area contributed by atoms with Gasteiger partial charge >= 0.3 is 0 Å². The van der Waals surface area contributed by atoms with Crippen molar-refractivity contribution in [3.8, 4) is 0 Å². The Morgan fingerprint density at radius 3 is 3.27 bits per heavy atom. The van der Waals surface area contributed by atoms with Gasteiger partial charge in [0.1, 0.15) is 13.1 Å². The molecule has 0 atom stereocenters. The van der Waals surface area contributed by atoms with E-state index in [9.17, 15) is 0 Å². The lowest BCUT2D eigenvalue weighted by atomic mass is 10.1. The highest BCUT2D eigenvalue weighted by Crippen LogP contribution is 2.10. The van der Waals surface area contributed by atoms with Gasteiger partial charge in [0.15, 0.2) is 11.9 Å². The molecule has 0 saturated carbocycles. The van der Waals surface area contributed by atoms with E-state index in [0.29, 0.717) is 0 Å². The summed E-state index contributed by atoms with van der Waals surface area (Å²) in [5, 5.41) is 4.40. The molecule has 60 valence electrons. The Hall–Kier alpha value is -0.860. The van der Waals surface area contributed by atoms with Crippen LogP contribution in [0.25, 0.3) is 0 Å². The summed E-state index contributed by atoms with van der Waals surface area (Å²) in [6.07, 6.45) is 5.99. The van der Waals surface area contributed by atoms with Crippen LogP contribution in [0.4, 0.5) is 0 Å². The molecule has 0 fully saturated rings. The van der Waals surface area contributed by atoms with E-state index < -0.39 is 0 Å². The average molecular weight is 152 g/mol. The minimum Gasteiger partial charge on any atom is -0.138 e. The summed E-state index contributed by atoms with van der Waals surface area (Å²) in [5.41, 5.74) is 1.40. The maximum atomic E-state index is 4.40. The minimum absolute atomic E-state index is 0.986. The van der Waals surface area contributed by atoms with Gasteiger partial charge in [0.05, 0.1) is 5.21 Å². The van der Waals surface area contributed by atoms with Crippen molar-refractivity contribution in [2.45, 2.75) is 39.3 Å². The second kappa shape index (κ2) is 2.64. The van der Waals surface area contributed by atoms with Crippen LogP contribution < -0.4 is 4.68 Å². The van der Waals surface area contributed by atoms with Gasteiger partial charge in [-0.2, -0.15) is 0 Å². The minimum atomic E-state index is 0.986. The number of aryl methyl sites for hydroxylation is 3. The molecule has 1 aromatic heterocycles. The highest BCUT2D eigenvalue weighted by atomic mass is 15.5. The summed E-state index contributed by atoms with van der Waals surface area (Å²) in [6.45, 7) is 4.22. The summed E-state index contributed by atoms with van der Waals surface area (Å²) < 4.78 is 4.15. The summed E-state index contributed by atoms with van der Waals surface area (Å²) in [7, 11) is 0. The van der Waals surface area contributed by atoms with Gasteiger partial charge in [-0.05, 0) is 19.8 Å². The molecule has 0 bridgehead atoms. The third kappa shape index (κ3) is 1.15. The van der Waals surface area contributed by atoms with Gasteiger partial charge in [-0.3, -0.25) is 0 Å². The third-order valence-corrected chi connectivity index (χ3v) is 2.23. The Morgan fingerprint density at radius 1 is 1.64 bits per heavy atom. The number of aromatic nitrogens is 3. The SMILES string of the molecule is CC[n+]1cc2n(n1)CCCC2. The second-order valence-electron chi connectivity index (χ2n) is 3.05. The van der Waals surface area contributed by atoms with Crippen molar-refractivity contribution in [1.82, 2.24) is 9.90 Å². The molecule has 3 nitrogen and oxygen atoms in total. The lowest BCUT2D eigenvalue weighted by Gasteiger charge is -2.03. The van der Waals surface area contributed by atoms with Gasteiger partial charge in [0, 0.05) is 6.42 Å². The molecule has 0 N–H and O–H groups in total. The third-order valence-electron chi connectivity index (χ3n) is 2.23. The van der Waals surface area contributed by atoms with E-state index in [2.05, 4.69) is 23.0 Å². The molecule has 0 aliphatic carbocycles. The second-order valence-corrected chi connectivity index (χ2v) is 3.05. The van der Waals surface area contributed by atoms with Gasteiger partial charge in [0.2, 0.25) is 0 Å². The van der Waals surface area contributed by atoms with Crippen LogP contribution >= 0.6 is 0 Å². The fourth-order valence-corrected chi connectivity index (χ4v) is 1.56. The molecule has 0 saturated heterocycles. The molecule has 0 unspecified atom stereocenters.